The second-order valence-corrected chi connectivity index (χ2v) is 7.75. The van der Waals surface area contributed by atoms with Crippen LogP contribution in [0.2, 0.25) is 0 Å². The van der Waals surface area contributed by atoms with E-state index in [2.05, 4.69) is 65.0 Å². The maximum atomic E-state index is 4.72. The van der Waals surface area contributed by atoms with Crippen LogP contribution in [0.15, 0.2) is 36.4 Å². The van der Waals surface area contributed by atoms with E-state index in [1.165, 1.54) is 43.7 Å². The Morgan fingerprint density at radius 2 is 1.56 bits per heavy atom. The van der Waals surface area contributed by atoms with Crippen molar-refractivity contribution in [2.24, 2.45) is 0 Å². The molecule has 25 heavy (non-hydrogen) atoms. The number of aromatic nitrogens is 2. The van der Waals surface area contributed by atoms with Crippen molar-refractivity contribution in [2.45, 2.75) is 51.7 Å². The number of likely N-dealkylation sites (tertiary alicyclic amines) is 2. The Labute approximate surface area is 150 Å². The highest BCUT2D eigenvalue weighted by atomic mass is 15.3. The third kappa shape index (κ3) is 3.60. The number of aryl methyl sites for hydroxylation is 2. The van der Waals surface area contributed by atoms with E-state index < -0.39 is 0 Å². The summed E-state index contributed by atoms with van der Waals surface area (Å²) in [6, 6.07) is 12.7. The zero-order valence-corrected chi connectivity index (χ0v) is 15.4. The molecule has 1 spiro atoms. The maximum Gasteiger partial charge on any atom is 0.0547 e. The van der Waals surface area contributed by atoms with Crippen LogP contribution in [0.3, 0.4) is 0 Å². The SMILES string of the molecule is Cc1cccc(CN2CCC3(CCCN3Cc3cccc(C)n3)C2)n1. The molecule has 2 fully saturated rings. The topological polar surface area (TPSA) is 32.3 Å². The summed E-state index contributed by atoms with van der Waals surface area (Å²) in [6.45, 7) is 9.64. The Hall–Kier alpha value is -1.78. The van der Waals surface area contributed by atoms with E-state index in [1.807, 2.05) is 0 Å². The average Bonchev–Trinajstić information content (AvgIpc) is 3.15. The molecule has 4 heterocycles. The van der Waals surface area contributed by atoms with Gasteiger partial charge in [-0.25, -0.2) is 0 Å². The van der Waals surface area contributed by atoms with Crippen LogP contribution in [0.1, 0.15) is 42.0 Å². The second-order valence-electron chi connectivity index (χ2n) is 7.75. The highest BCUT2D eigenvalue weighted by molar-refractivity contribution is 5.13. The van der Waals surface area contributed by atoms with Crippen LogP contribution in [0, 0.1) is 13.8 Å². The van der Waals surface area contributed by atoms with Crippen LogP contribution in [-0.4, -0.2) is 44.9 Å². The smallest absolute Gasteiger partial charge is 0.0547 e. The predicted octanol–water partition coefficient (Wildman–Crippen LogP) is 3.33. The minimum absolute atomic E-state index is 0.343. The molecule has 4 rings (SSSR count). The van der Waals surface area contributed by atoms with Crippen LogP contribution in [0.5, 0.6) is 0 Å². The zero-order valence-electron chi connectivity index (χ0n) is 15.4. The van der Waals surface area contributed by atoms with E-state index in [0.29, 0.717) is 5.54 Å². The number of pyridine rings is 2. The summed E-state index contributed by atoms with van der Waals surface area (Å²) in [5.74, 6) is 0. The molecule has 132 valence electrons. The first-order valence-electron chi connectivity index (χ1n) is 9.45. The van der Waals surface area contributed by atoms with Crippen molar-refractivity contribution in [3.63, 3.8) is 0 Å². The lowest BCUT2D eigenvalue weighted by atomic mass is 9.95. The molecule has 0 bridgehead atoms. The van der Waals surface area contributed by atoms with Crippen LogP contribution >= 0.6 is 0 Å². The average molecular weight is 336 g/mol. The van der Waals surface area contributed by atoms with E-state index in [0.717, 1.165) is 31.0 Å². The van der Waals surface area contributed by atoms with Gasteiger partial charge in [0.2, 0.25) is 0 Å². The van der Waals surface area contributed by atoms with Crippen LogP contribution in [0.25, 0.3) is 0 Å². The summed E-state index contributed by atoms with van der Waals surface area (Å²) in [5, 5.41) is 0. The van der Waals surface area contributed by atoms with Crippen LogP contribution < -0.4 is 0 Å². The molecule has 2 aromatic heterocycles. The van der Waals surface area contributed by atoms with Crippen molar-refractivity contribution in [3.8, 4) is 0 Å². The molecule has 2 aliphatic heterocycles. The molecule has 0 radical (unpaired) electrons. The van der Waals surface area contributed by atoms with E-state index in [4.69, 9.17) is 4.98 Å². The summed E-state index contributed by atoms with van der Waals surface area (Å²) in [7, 11) is 0. The maximum absolute atomic E-state index is 4.72. The quantitative estimate of drug-likeness (QED) is 0.857. The fourth-order valence-electron chi connectivity index (χ4n) is 4.58. The number of hydrogen-bond donors (Lipinski definition) is 0. The molecule has 0 aliphatic carbocycles. The van der Waals surface area contributed by atoms with Crippen molar-refractivity contribution in [3.05, 3.63) is 59.2 Å². The van der Waals surface area contributed by atoms with Gasteiger partial charge >= 0.3 is 0 Å². The van der Waals surface area contributed by atoms with E-state index in [9.17, 15) is 0 Å². The fraction of sp³-hybridized carbons (Fsp3) is 0.524. The Kier molecular flexibility index (Phi) is 4.57. The molecule has 0 saturated carbocycles. The Morgan fingerprint density at radius 3 is 2.24 bits per heavy atom. The van der Waals surface area contributed by atoms with Gasteiger partial charge < -0.3 is 0 Å². The number of rotatable bonds is 4. The van der Waals surface area contributed by atoms with Gasteiger partial charge in [0.15, 0.2) is 0 Å². The summed E-state index contributed by atoms with van der Waals surface area (Å²) < 4.78 is 0. The lowest BCUT2D eigenvalue weighted by Crippen LogP contribution is -2.45. The Balaban J connectivity index is 1.44. The fourth-order valence-corrected chi connectivity index (χ4v) is 4.58. The molecule has 0 aromatic carbocycles. The van der Waals surface area contributed by atoms with E-state index in [-0.39, 0.29) is 0 Å². The molecule has 4 nitrogen and oxygen atoms in total. The van der Waals surface area contributed by atoms with Gasteiger partial charge in [-0.2, -0.15) is 0 Å². The highest BCUT2D eigenvalue weighted by Gasteiger charge is 2.45. The molecular weight excluding hydrogens is 308 g/mol. The van der Waals surface area contributed by atoms with Gasteiger partial charge in [-0.05, 0) is 63.9 Å². The number of hydrogen-bond acceptors (Lipinski definition) is 4. The van der Waals surface area contributed by atoms with Crippen molar-refractivity contribution in [1.29, 1.82) is 0 Å². The summed E-state index contributed by atoms with van der Waals surface area (Å²) in [5.41, 5.74) is 4.97. The second kappa shape index (κ2) is 6.85. The molecular formula is C21H28N4. The van der Waals surface area contributed by atoms with Gasteiger partial charge in [0.05, 0.1) is 11.4 Å². The molecule has 2 saturated heterocycles. The summed E-state index contributed by atoms with van der Waals surface area (Å²) in [4.78, 5) is 14.7. The molecule has 0 N–H and O–H groups in total. The lowest BCUT2D eigenvalue weighted by Gasteiger charge is -2.35. The minimum atomic E-state index is 0.343. The Morgan fingerprint density at radius 1 is 0.880 bits per heavy atom. The molecule has 0 amide bonds. The minimum Gasteiger partial charge on any atom is -0.296 e. The third-order valence-electron chi connectivity index (χ3n) is 5.78. The summed E-state index contributed by atoms with van der Waals surface area (Å²) in [6.07, 6.45) is 3.89. The van der Waals surface area contributed by atoms with Crippen molar-refractivity contribution in [1.82, 2.24) is 19.8 Å². The first kappa shape index (κ1) is 16.7. The normalized spacial score (nSPS) is 24.4. The van der Waals surface area contributed by atoms with Crippen molar-refractivity contribution < 1.29 is 0 Å². The monoisotopic (exact) mass is 336 g/mol. The van der Waals surface area contributed by atoms with Crippen molar-refractivity contribution >= 4 is 0 Å². The molecule has 4 heteroatoms. The molecule has 2 aliphatic rings. The highest BCUT2D eigenvalue weighted by Crippen LogP contribution is 2.38. The van der Waals surface area contributed by atoms with E-state index in [1.54, 1.807) is 0 Å². The van der Waals surface area contributed by atoms with Gasteiger partial charge in [0.25, 0.3) is 0 Å². The van der Waals surface area contributed by atoms with Gasteiger partial charge in [-0.15, -0.1) is 0 Å². The molecule has 1 unspecified atom stereocenters. The molecule has 2 aromatic rings. The first-order chi connectivity index (χ1) is 12.1. The number of nitrogens with zero attached hydrogens (tertiary/aromatic N) is 4. The predicted molar refractivity (Wildman–Crippen MR) is 100 cm³/mol. The van der Waals surface area contributed by atoms with Gasteiger partial charge in [-0.1, -0.05) is 12.1 Å². The Bertz CT molecular complexity index is 744. The summed E-state index contributed by atoms with van der Waals surface area (Å²) >= 11 is 0. The van der Waals surface area contributed by atoms with E-state index >= 15 is 0 Å². The lowest BCUT2D eigenvalue weighted by molar-refractivity contribution is 0.129. The first-order valence-corrected chi connectivity index (χ1v) is 9.45. The van der Waals surface area contributed by atoms with Gasteiger partial charge in [0.1, 0.15) is 0 Å². The van der Waals surface area contributed by atoms with Gasteiger partial charge in [0, 0.05) is 43.1 Å². The zero-order chi connectivity index (χ0) is 17.3. The van der Waals surface area contributed by atoms with Gasteiger partial charge in [-0.3, -0.25) is 19.8 Å². The van der Waals surface area contributed by atoms with Crippen molar-refractivity contribution in [2.75, 3.05) is 19.6 Å². The van der Waals surface area contributed by atoms with Crippen LogP contribution in [0.4, 0.5) is 0 Å². The molecule has 1 atom stereocenters. The standard InChI is InChI=1S/C21H28N4/c1-17-6-3-8-19(22-17)14-24-13-11-21(16-24)10-5-12-25(21)15-20-9-4-7-18(2)23-20/h3-4,6-9H,5,10-16H2,1-2H3. The third-order valence-corrected chi connectivity index (χ3v) is 5.78. The van der Waals surface area contributed by atoms with Crippen LogP contribution in [-0.2, 0) is 13.1 Å². The largest absolute Gasteiger partial charge is 0.296 e.